The maximum Gasteiger partial charge on any atom is 0.262 e. The van der Waals surface area contributed by atoms with Gasteiger partial charge in [-0.15, -0.1) is 0 Å². The number of methoxy groups -OCH3 is 1. The summed E-state index contributed by atoms with van der Waals surface area (Å²) in [7, 11) is -2.54. The van der Waals surface area contributed by atoms with Crippen LogP contribution >= 0.6 is 0 Å². The molecule has 6 nitrogen and oxygen atoms in total. The van der Waals surface area contributed by atoms with E-state index in [1.165, 1.54) is 42.5 Å². The number of benzene rings is 4. The molecule has 2 N–H and O–H groups in total. The average molecular weight is 491 g/mol. The maximum atomic E-state index is 14.0. The summed E-state index contributed by atoms with van der Waals surface area (Å²) in [5, 5.41) is 2.99. The minimum Gasteiger partial charge on any atom is -0.497 e. The Morgan fingerprint density at radius 3 is 2.17 bits per heavy atom. The van der Waals surface area contributed by atoms with Crippen molar-refractivity contribution in [1.82, 2.24) is 5.32 Å². The quantitative estimate of drug-likeness (QED) is 0.358. The molecule has 0 aromatic heterocycles. The van der Waals surface area contributed by atoms with Gasteiger partial charge in [0, 0.05) is 5.56 Å². The van der Waals surface area contributed by atoms with Gasteiger partial charge in [0.25, 0.3) is 15.9 Å². The molecule has 4 aromatic rings. The third-order valence-electron chi connectivity index (χ3n) is 5.38. The van der Waals surface area contributed by atoms with Crippen molar-refractivity contribution >= 4 is 21.6 Å². The van der Waals surface area contributed by atoms with Gasteiger partial charge in [-0.05, 0) is 53.6 Å². The molecule has 8 heteroatoms. The highest BCUT2D eigenvalue weighted by molar-refractivity contribution is 7.92. The van der Waals surface area contributed by atoms with Crippen LogP contribution in [0.25, 0.3) is 0 Å². The van der Waals surface area contributed by atoms with Crippen LogP contribution in [0, 0.1) is 5.82 Å². The molecule has 0 radical (unpaired) electrons. The molecule has 4 aromatic carbocycles. The number of sulfonamides is 1. The Balaban J connectivity index is 1.61. The first-order chi connectivity index (χ1) is 16.9. The van der Waals surface area contributed by atoms with Crippen LogP contribution in [0.5, 0.6) is 5.75 Å². The summed E-state index contributed by atoms with van der Waals surface area (Å²) < 4.78 is 47.1. The maximum absolute atomic E-state index is 14.0. The van der Waals surface area contributed by atoms with Crippen LogP contribution < -0.4 is 14.8 Å². The molecule has 0 spiro atoms. The molecule has 0 fully saturated rings. The number of halogens is 1. The number of anilines is 1. The van der Waals surface area contributed by atoms with Crippen LogP contribution in [-0.4, -0.2) is 21.4 Å². The highest BCUT2D eigenvalue weighted by atomic mass is 32.2. The number of rotatable bonds is 8. The molecule has 0 aliphatic rings. The summed E-state index contributed by atoms with van der Waals surface area (Å²) in [6, 6.07) is 27.3. The number of ether oxygens (including phenoxy) is 1. The molecule has 0 aliphatic heterocycles. The monoisotopic (exact) mass is 490 g/mol. The molecule has 1 atom stereocenters. The highest BCUT2D eigenvalue weighted by Crippen LogP contribution is 2.25. The van der Waals surface area contributed by atoms with E-state index in [4.69, 9.17) is 4.74 Å². The summed E-state index contributed by atoms with van der Waals surface area (Å²) in [4.78, 5) is 13.0. The number of hydrogen-bond donors (Lipinski definition) is 2. The number of carbonyl (C=O) groups excluding carboxylic acids is 1. The van der Waals surface area contributed by atoms with Gasteiger partial charge in [-0.1, -0.05) is 60.7 Å². The van der Waals surface area contributed by atoms with E-state index < -0.39 is 27.8 Å². The smallest absolute Gasteiger partial charge is 0.262 e. The molecule has 0 saturated carbocycles. The molecule has 0 heterocycles. The van der Waals surface area contributed by atoms with Crippen molar-refractivity contribution in [1.29, 1.82) is 0 Å². The van der Waals surface area contributed by atoms with Crippen molar-refractivity contribution in [3.05, 3.63) is 126 Å². The van der Waals surface area contributed by atoms with Crippen molar-refractivity contribution in [3.63, 3.8) is 0 Å². The van der Waals surface area contributed by atoms with Crippen LogP contribution in [0.3, 0.4) is 0 Å². The second-order valence-electron chi connectivity index (χ2n) is 7.70. The van der Waals surface area contributed by atoms with E-state index in [-0.39, 0.29) is 16.1 Å². The fourth-order valence-electron chi connectivity index (χ4n) is 3.57. The number of nitrogens with one attached hydrogen (secondary N) is 2. The van der Waals surface area contributed by atoms with Crippen LogP contribution in [0.4, 0.5) is 10.1 Å². The zero-order chi connectivity index (χ0) is 24.8. The van der Waals surface area contributed by atoms with Gasteiger partial charge >= 0.3 is 0 Å². The molecule has 0 aliphatic carbocycles. The zero-order valence-corrected chi connectivity index (χ0v) is 19.6. The van der Waals surface area contributed by atoms with E-state index >= 15 is 0 Å². The summed E-state index contributed by atoms with van der Waals surface area (Å²) >= 11 is 0. The van der Waals surface area contributed by atoms with Gasteiger partial charge in [-0.3, -0.25) is 9.52 Å². The second-order valence-corrected chi connectivity index (χ2v) is 9.39. The molecular weight excluding hydrogens is 467 g/mol. The van der Waals surface area contributed by atoms with Gasteiger partial charge in [0.1, 0.15) is 11.6 Å². The summed E-state index contributed by atoms with van der Waals surface area (Å²) in [6.45, 7) is 0. The number of para-hydroxylation sites is 1. The van der Waals surface area contributed by atoms with Crippen molar-refractivity contribution in [2.75, 3.05) is 11.8 Å². The fraction of sp³-hybridized carbons (Fsp3) is 0.0741. The fourth-order valence-corrected chi connectivity index (χ4v) is 4.68. The zero-order valence-electron chi connectivity index (χ0n) is 18.8. The average Bonchev–Trinajstić information content (AvgIpc) is 2.89. The molecule has 1 amide bonds. The Morgan fingerprint density at radius 1 is 0.829 bits per heavy atom. The first-order valence-electron chi connectivity index (χ1n) is 10.7. The van der Waals surface area contributed by atoms with Crippen molar-refractivity contribution < 1.29 is 22.3 Å². The third-order valence-corrected chi connectivity index (χ3v) is 6.75. The first kappa shape index (κ1) is 24.0. The Kier molecular flexibility index (Phi) is 7.12. The van der Waals surface area contributed by atoms with Crippen LogP contribution in [0.15, 0.2) is 108 Å². The predicted octanol–water partition coefficient (Wildman–Crippen LogP) is 5.15. The van der Waals surface area contributed by atoms with E-state index in [9.17, 15) is 17.6 Å². The Labute approximate surface area is 203 Å². The summed E-state index contributed by atoms with van der Waals surface area (Å²) in [6.07, 6.45) is 0. The van der Waals surface area contributed by atoms with E-state index in [1.54, 1.807) is 19.2 Å². The minimum atomic E-state index is -4.12. The Morgan fingerprint density at radius 2 is 1.49 bits per heavy atom. The third kappa shape index (κ3) is 5.67. The lowest BCUT2D eigenvalue weighted by molar-refractivity contribution is 0.0942. The number of amides is 1. The first-order valence-corrected chi connectivity index (χ1v) is 12.2. The molecular formula is C27H23FN2O4S. The predicted molar refractivity (Wildman–Crippen MR) is 132 cm³/mol. The molecule has 35 heavy (non-hydrogen) atoms. The lowest BCUT2D eigenvalue weighted by Crippen LogP contribution is -2.29. The van der Waals surface area contributed by atoms with Crippen LogP contribution in [-0.2, 0) is 10.0 Å². The van der Waals surface area contributed by atoms with E-state index in [0.29, 0.717) is 5.75 Å². The summed E-state index contributed by atoms with van der Waals surface area (Å²) in [5.74, 6) is -0.472. The standard InChI is InChI=1S/C27H23FN2O4S/c1-34-22-16-14-20(15-17-22)26(19-8-3-2-4-9-19)29-27(31)21-10-7-11-23(18-21)35(32,33)30-25-13-6-5-12-24(25)28/h2-18,26,30H,1H3,(H,29,31). The van der Waals surface area contributed by atoms with Crippen LogP contribution in [0.2, 0.25) is 0 Å². The lowest BCUT2D eigenvalue weighted by atomic mass is 9.98. The number of carbonyl (C=O) groups is 1. The van der Waals surface area contributed by atoms with Crippen molar-refractivity contribution in [3.8, 4) is 5.75 Å². The number of hydrogen-bond acceptors (Lipinski definition) is 4. The van der Waals surface area contributed by atoms with Gasteiger partial charge in [0.05, 0.1) is 23.7 Å². The normalized spacial score (nSPS) is 11.9. The van der Waals surface area contributed by atoms with Crippen molar-refractivity contribution in [2.45, 2.75) is 10.9 Å². The van der Waals surface area contributed by atoms with Gasteiger partial charge < -0.3 is 10.1 Å². The van der Waals surface area contributed by atoms with Crippen molar-refractivity contribution in [2.24, 2.45) is 0 Å². The molecule has 178 valence electrons. The van der Waals surface area contributed by atoms with E-state index in [0.717, 1.165) is 17.2 Å². The topological polar surface area (TPSA) is 84.5 Å². The lowest BCUT2D eigenvalue weighted by Gasteiger charge is -2.20. The van der Waals surface area contributed by atoms with Gasteiger partial charge in [-0.2, -0.15) is 0 Å². The Hall–Kier alpha value is -4.17. The summed E-state index contributed by atoms with van der Waals surface area (Å²) in [5.41, 5.74) is 1.66. The van der Waals surface area contributed by atoms with E-state index in [1.807, 2.05) is 42.5 Å². The molecule has 0 bridgehead atoms. The van der Waals surface area contributed by atoms with Gasteiger partial charge in [-0.25, -0.2) is 12.8 Å². The largest absolute Gasteiger partial charge is 0.497 e. The van der Waals surface area contributed by atoms with E-state index in [2.05, 4.69) is 10.0 Å². The minimum absolute atomic E-state index is 0.149. The molecule has 1 unspecified atom stereocenters. The van der Waals surface area contributed by atoms with Gasteiger partial charge in [0.2, 0.25) is 0 Å². The molecule has 0 saturated heterocycles. The highest BCUT2D eigenvalue weighted by Gasteiger charge is 2.21. The van der Waals surface area contributed by atoms with Crippen LogP contribution in [0.1, 0.15) is 27.5 Å². The SMILES string of the molecule is COc1ccc(C(NC(=O)c2cccc(S(=O)(=O)Nc3ccccc3F)c2)c2ccccc2)cc1. The Bertz CT molecular complexity index is 1430. The molecule has 4 rings (SSSR count). The van der Waals surface area contributed by atoms with Gasteiger partial charge in [0.15, 0.2) is 0 Å². The second kappa shape index (κ2) is 10.4.